The van der Waals surface area contributed by atoms with Crippen LogP contribution in [0.5, 0.6) is 5.75 Å². The Bertz CT molecular complexity index is 629. The van der Waals surface area contributed by atoms with E-state index in [0.29, 0.717) is 6.61 Å². The third-order valence-corrected chi connectivity index (χ3v) is 4.12. The fraction of sp³-hybridized carbons (Fsp3) is 0.400. The summed E-state index contributed by atoms with van der Waals surface area (Å²) >= 11 is 0. The summed E-state index contributed by atoms with van der Waals surface area (Å²) in [7, 11) is 4.01. The SMILES string of the molecule is Cc1cc(OCc2ccccc2)ccc1C(O)C(N)CCN(C)C. The molecule has 4 heteroatoms. The van der Waals surface area contributed by atoms with E-state index in [9.17, 15) is 5.11 Å². The number of nitrogens with two attached hydrogens (primary N) is 1. The Labute approximate surface area is 144 Å². The van der Waals surface area contributed by atoms with E-state index in [1.165, 1.54) is 0 Å². The molecule has 0 saturated carbocycles. The van der Waals surface area contributed by atoms with Gasteiger partial charge < -0.3 is 20.5 Å². The summed E-state index contributed by atoms with van der Waals surface area (Å²) in [6.07, 6.45) is 0.0907. The lowest BCUT2D eigenvalue weighted by Crippen LogP contribution is -2.32. The van der Waals surface area contributed by atoms with Crippen LogP contribution in [0.2, 0.25) is 0 Å². The van der Waals surface area contributed by atoms with Gasteiger partial charge >= 0.3 is 0 Å². The molecule has 24 heavy (non-hydrogen) atoms. The zero-order valence-electron chi connectivity index (χ0n) is 14.8. The van der Waals surface area contributed by atoms with Gasteiger partial charge in [-0.25, -0.2) is 0 Å². The number of hydrogen-bond donors (Lipinski definition) is 2. The summed E-state index contributed by atoms with van der Waals surface area (Å²) in [5, 5.41) is 10.5. The first kappa shape index (κ1) is 18.5. The zero-order valence-corrected chi connectivity index (χ0v) is 14.8. The molecule has 0 amide bonds. The van der Waals surface area contributed by atoms with Crippen LogP contribution in [-0.2, 0) is 6.61 Å². The van der Waals surface area contributed by atoms with Crippen molar-refractivity contribution in [3.63, 3.8) is 0 Å². The Balaban J connectivity index is 1.98. The van der Waals surface area contributed by atoms with Gasteiger partial charge in [0.05, 0.1) is 6.10 Å². The molecule has 0 spiro atoms. The quantitative estimate of drug-likeness (QED) is 0.782. The van der Waals surface area contributed by atoms with E-state index in [-0.39, 0.29) is 6.04 Å². The molecule has 2 unspecified atom stereocenters. The van der Waals surface area contributed by atoms with Crippen molar-refractivity contribution in [2.75, 3.05) is 20.6 Å². The first-order valence-electron chi connectivity index (χ1n) is 8.33. The molecule has 0 aliphatic carbocycles. The lowest BCUT2D eigenvalue weighted by molar-refractivity contribution is 0.137. The van der Waals surface area contributed by atoms with Gasteiger partial charge in [0.25, 0.3) is 0 Å². The largest absolute Gasteiger partial charge is 0.489 e. The number of nitrogens with zero attached hydrogens (tertiary/aromatic N) is 1. The third kappa shape index (κ3) is 5.34. The summed E-state index contributed by atoms with van der Waals surface area (Å²) in [6.45, 7) is 3.37. The predicted molar refractivity (Wildman–Crippen MR) is 98.1 cm³/mol. The van der Waals surface area contributed by atoms with Gasteiger partial charge in [-0.2, -0.15) is 0 Å². The maximum atomic E-state index is 10.5. The molecular formula is C20H28N2O2. The van der Waals surface area contributed by atoms with Crippen LogP contribution in [0.4, 0.5) is 0 Å². The molecule has 0 bridgehead atoms. The van der Waals surface area contributed by atoms with Gasteiger partial charge in [-0.1, -0.05) is 36.4 Å². The number of aliphatic hydroxyl groups is 1. The van der Waals surface area contributed by atoms with Crippen LogP contribution in [0.1, 0.15) is 29.2 Å². The number of aliphatic hydroxyl groups excluding tert-OH is 1. The summed E-state index contributed by atoms with van der Waals surface area (Å²) in [5.41, 5.74) is 9.12. The molecule has 0 aliphatic heterocycles. The van der Waals surface area contributed by atoms with E-state index >= 15 is 0 Å². The molecule has 2 aromatic rings. The van der Waals surface area contributed by atoms with Crippen LogP contribution in [0.25, 0.3) is 0 Å². The van der Waals surface area contributed by atoms with Crippen molar-refractivity contribution in [1.29, 1.82) is 0 Å². The molecule has 4 nitrogen and oxygen atoms in total. The van der Waals surface area contributed by atoms with Crippen molar-refractivity contribution in [2.45, 2.75) is 32.1 Å². The van der Waals surface area contributed by atoms with Crippen LogP contribution >= 0.6 is 0 Å². The lowest BCUT2D eigenvalue weighted by Gasteiger charge is -2.22. The Morgan fingerprint density at radius 2 is 1.83 bits per heavy atom. The number of aryl methyl sites for hydroxylation is 1. The van der Waals surface area contributed by atoms with Gasteiger partial charge in [-0.3, -0.25) is 0 Å². The van der Waals surface area contributed by atoms with E-state index < -0.39 is 6.10 Å². The van der Waals surface area contributed by atoms with Crippen molar-refractivity contribution in [1.82, 2.24) is 4.90 Å². The Hall–Kier alpha value is -1.88. The summed E-state index contributed by atoms with van der Waals surface area (Å²) < 4.78 is 5.83. The predicted octanol–water partition coefficient (Wildman–Crippen LogP) is 2.89. The molecule has 0 radical (unpaired) electrons. The zero-order chi connectivity index (χ0) is 17.5. The summed E-state index contributed by atoms with van der Waals surface area (Å²) in [6, 6.07) is 15.6. The molecule has 0 fully saturated rings. The molecule has 130 valence electrons. The molecule has 0 aromatic heterocycles. The van der Waals surface area contributed by atoms with Crippen molar-refractivity contribution >= 4 is 0 Å². The second-order valence-electron chi connectivity index (χ2n) is 6.49. The van der Waals surface area contributed by atoms with Gasteiger partial charge in [0, 0.05) is 6.04 Å². The minimum atomic E-state index is -0.659. The number of rotatable bonds is 8. The minimum Gasteiger partial charge on any atom is -0.489 e. The molecule has 2 aromatic carbocycles. The summed E-state index contributed by atoms with van der Waals surface area (Å²) in [4.78, 5) is 2.07. The Kier molecular flexibility index (Phi) is 6.79. The number of ether oxygens (including phenoxy) is 1. The van der Waals surface area contributed by atoms with Crippen LogP contribution in [0.3, 0.4) is 0 Å². The molecule has 3 N–H and O–H groups in total. The highest BCUT2D eigenvalue weighted by Crippen LogP contribution is 2.25. The van der Waals surface area contributed by atoms with Gasteiger partial charge in [0.15, 0.2) is 0 Å². The minimum absolute atomic E-state index is 0.276. The van der Waals surface area contributed by atoms with E-state index in [4.69, 9.17) is 10.5 Å². The van der Waals surface area contributed by atoms with E-state index in [1.54, 1.807) is 0 Å². The topological polar surface area (TPSA) is 58.7 Å². The molecule has 0 aliphatic rings. The van der Waals surface area contributed by atoms with Crippen molar-refractivity contribution in [3.05, 3.63) is 65.2 Å². The summed E-state index contributed by atoms with van der Waals surface area (Å²) in [5.74, 6) is 0.800. The van der Waals surface area contributed by atoms with E-state index in [1.807, 2.05) is 69.6 Å². The third-order valence-electron chi connectivity index (χ3n) is 4.12. The number of hydrogen-bond acceptors (Lipinski definition) is 4. The maximum Gasteiger partial charge on any atom is 0.120 e. The lowest BCUT2D eigenvalue weighted by atomic mass is 9.96. The van der Waals surface area contributed by atoms with Gasteiger partial charge in [0.2, 0.25) is 0 Å². The second kappa shape index (κ2) is 8.83. The molecule has 2 atom stereocenters. The van der Waals surface area contributed by atoms with Crippen LogP contribution < -0.4 is 10.5 Å². The van der Waals surface area contributed by atoms with Gasteiger partial charge in [-0.05, 0) is 62.8 Å². The average Bonchev–Trinajstić information content (AvgIpc) is 2.58. The fourth-order valence-electron chi connectivity index (χ4n) is 2.61. The fourth-order valence-corrected chi connectivity index (χ4v) is 2.61. The average molecular weight is 328 g/mol. The standard InChI is InChI=1S/C20H28N2O2/c1-15-13-17(24-14-16-7-5-4-6-8-16)9-10-18(15)20(23)19(21)11-12-22(2)3/h4-10,13,19-20,23H,11-12,14,21H2,1-3H3. The molecular weight excluding hydrogens is 300 g/mol. The smallest absolute Gasteiger partial charge is 0.120 e. The highest BCUT2D eigenvalue weighted by molar-refractivity contribution is 5.36. The molecule has 0 heterocycles. The monoisotopic (exact) mass is 328 g/mol. The molecule has 2 rings (SSSR count). The van der Waals surface area contributed by atoms with Crippen LogP contribution in [0, 0.1) is 6.92 Å². The molecule has 0 saturated heterocycles. The first-order chi connectivity index (χ1) is 11.5. The normalized spacial score (nSPS) is 13.8. The van der Waals surface area contributed by atoms with E-state index in [2.05, 4.69) is 4.90 Å². The van der Waals surface area contributed by atoms with Crippen molar-refractivity contribution in [3.8, 4) is 5.75 Å². The second-order valence-corrected chi connectivity index (χ2v) is 6.49. The first-order valence-corrected chi connectivity index (χ1v) is 8.33. The van der Waals surface area contributed by atoms with Gasteiger partial charge in [-0.15, -0.1) is 0 Å². The van der Waals surface area contributed by atoms with Gasteiger partial charge in [0.1, 0.15) is 12.4 Å². The highest BCUT2D eigenvalue weighted by Gasteiger charge is 2.19. The Morgan fingerprint density at radius 1 is 1.12 bits per heavy atom. The highest BCUT2D eigenvalue weighted by atomic mass is 16.5. The van der Waals surface area contributed by atoms with Crippen molar-refractivity contribution < 1.29 is 9.84 Å². The Morgan fingerprint density at radius 3 is 2.46 bits per heavy atom. The number of benzene rings is 2. The van der Waals surface area contributed by atoms with Crippen LogP contribution in [0.15, 0.2) is 48.5 Å². The van der Waals surface area contributed by atoms with Crippen molar-refractivity contribution in [2.24, 2.45) is 5.73 Å². The van der Waals surface area contributed by atoms with Crippen LogP contribution in [-0.4, -0.2) is 36.7 Å². The van der Waals surface area contributed by atoms with E-state index in [0.717, 1.165) is 35.4 Å². The maximum absolute atomic E-state index is 10.5.